The van der Waals surface area contributed by atoms with Crippen LogP contribution in [-0.4, -0.2) is 5.11 Å². The molecule has 0 saturated heterocycles. The number of halogens is 1. The lowest BCUT2D eigenvalue weighted by Gasteiger charge is -2.06. The Morgan fingerprint density at radius 3 is 2.64 bits per heavy atom. The minimum absolute atomic E-state index is 0.128. The summed E-state index contributed by atoms with van der Waals surface area (Å²) >= 11 is 3.39. The van der Waals surface area contributed by atoms with E-state index in [-0.39, 0.29) is 6.61 Å². The lowest BCUT2D eigenvalue weighted by atomic mass is 10.0. The molecule has 0 unspecified atom stereocenters. The van der Waals surface area contributed by atoms with Crippen molar-refractivity contribution in [2.75, 3.05) is 0 Å². The fourth-order valence-electron chi connectivity index (χ4n) is 1.10. The van der Waals surface area contributed by atoms with Crippen LogP contribution >= 0.6 is 15.9 Å². The molecule has 1 rings (SSSR count). The molecule has 2 heteroatoms. The predicted molar refractivity (Wildman–Crippen MR) is 49.7 cm³/mol. The highest BCUT2D eigenvalue weighted by atomic mass is 79.9. The number of aryl methyl sites for hydroxylation is 1. The average Bonchev–Trinajstić information content (AvgIpc) is 2.04. The van der Waals surface area contributed by atoms with Crippen molar-refractivity contribution in [3.8, 4) is 0 Å². The summed E-state index contributed by atoms with van der Waals surface area (Å²) in [5.74, 6) is 0. The van der Waals surface area contributed by atoms with Gasteiger partial charge in [0.1, 0.15) is 0 Å². The van der Waals surface area contributed by atoms with Crippen LogP contribution in [0.3, 0.4) is 0 Å². The zero-order valence-electron chi connectivity index (χ0n) is 6.47. The first-order chi connectivity index (χ1) is 5.29. The molecule has 1 nitrogen and oxygen atoms in total. The van der Waals surface area contributed by atoms with Gasteiger partial charge in [0, 0.05) is 5.33 Å². The highest BCUT2D eigenvalue weighted by Crippen LogP contribution is 2.16. The van der Waals surface area contributed by atoms with E-state index in [0.29, 0.717) is 0 Å². The summed E-state index contributed by atoms with van der Waals surface area (Å²) in [6.45, 7) is 2.18. The van der Waals surface area contributed by atoms with E-state index in [1.807, 2.05) is 12.1 Å². The molecule has 0 aliphatic carbocycles. The van der Waals surface area contributed by atoms with Gasteiger partial charge in [-0.3, -0.25) is 0 Å². The molecule has 0 spiro atoms. The number of benzene rings is 1. The summed E-state index contributed by atoms with van der Waals surface area (Å²) < 4.78 is 0. The van der Waals surface area contributed by atoms with Crippen LogP contribution in [0.5, 0.6) is 0 Å². The van der Waals surface area contributed by atoms with Crippen molar-refractivity contribution in [2.24, 2.45) is 0 Å². The van der Waals surface area contributed by atoms with Crippen molar-refractivity contribution in [2.45, 2.75) is 18.9 Å². The molecule has 60 valence electrons. The van der Waals surface area contributed by atoms with Crippen molar-refractivity contribution >= 4 is 15.9 Å². The van der Waals surface area contributed by atoms with Crippen LogP contribution in [0.1, 0.15) is 16.7 Å². The van der Waals surface area contributed by atoms with E-state index in [1.165, 1.54) is 11.1 Å². The van der Waals surface area contributed by atoms with Gasteiger partial charge in [0.2, 0.25) is 0 Å². The molecule has 0 amide bonds. The Bertz CT molecular complexity index is 245. The zero-order valence-corrected chi connectivity index (χ0v) is 8.06. The van der Waals surface area contributed by atoms with Gasteiger partial charge in [-0.1, -0.05) is 34.1 Å². The Labute approximate surface area is 75.2 Å². The monoisotopic (exact) mass is 214 g/mol. The van der Waals surface area contributed by atoms with E-state index >= 15 is 0 Å². The minimum Gasteiger partial charge on any atom is -0.392 e. The highest BCUT2D eigenvalue weighted by molar-refractivity contribution is 9.08. The van der Waals surface area contributed by atoms with Crippen molar-refractivity contribution in [1.29, 1.82) is 0 Å². The largest absolute Gasteiger partial charge is 0.392 e. The molecule has 0 bridgehead atoms. The van der Waals surface area contributed by atoms with Crippen molar-refractivity contribution in [1.82, 2.24) is 0 Å². The Morgan fingerprint density at radius 1 is 1.45 bits per heavy atom. The fraction of sp³-hybridized carbons (Fsp3) is 0.333. The van der Waals surface area contributed by atoms with E-state index in [1.54, 1.807) is 0 Å². The van der Waals surface area contributed by atoms with Crippen molar-refractivity contribution < 1.29 is 5.11 Å². The van der Waals surface area contributed by atoms with E-state index in [9.17, 15) is 0 Å². The molecule has 0 aliphatic heterocycles. The van der Waals surface area contributed by atoms with E-state index in [2.05, 4.69) is 28.9 Å². The highest BCUT2D eigenvalue weighted by Gasteiger charge is 2.01. The number of alkyl halides is 1. The molecule has 1 aromatic rings. The fourth-order valence-corrected chi connectivity index (χ4v) is 1.90. The van der Waals surface area contributed by atoms with E-state index < -0.39 is 0 Å². The summed E-state index contributed by atoms with van der Waals surface area (Å²) in [5, 5.41) is 9.77. The van der Waals surface area contributed by atoms with Crippen LogP contribution in [0.25, 0.3) is 0 Å². The topological polar surface area (TPSA) is 20.2 Å². The summed E-state index contributed by atoms with van der Waals surface area (Å²) in [6.07, 6.45) is 0. The lowest BCUT2D eigenvalue weighted by molar-refractivity contribution is 0.281. The molecule has 0 aliphatic rings. The maximum Gasteiger partial charge on any atom is 0.0684 e. The number of aliphatic hydroxyl groups is 1. The number of rotatable bonds is 2. The maximum absolute atomic E-state index is 8.95. The summed E-state index contributed by atoms with van der Waals surface area (Å²) in [7, 11) is 0. The van der Waals surface area contributed by atoms with Crippen LogP contribution in [0, 0.1) is 6.92 Å². The van der Waals surface area contributed by atoms with E-state index in [0.717, 1.165) is 10.9 Å². The molecule has 0 atom stereocenters. The second kappa shape index (κ2) is 3.88. The van der Waals surface area contributed by atoms with Crippen LogP contribution in [0.15, 0.2) is 18.2 Å². The molecule has 0 aromatic heterocycles. The normalized spacial score (nSPS) is 10.1. The first-order valence-corrected chi connectivity index (χ1v) is 4.66. The predicted octanol–water partition coefficient (Wildman–Crippen LogP) is 2.38. The Hall–Kier alpha value is -0.340. The van der Waals surface area contributed by atoms with Gasteiger partial charge in [0.25, 0.3) is 0 Å². The molecule has 0 heterocycles. The van der Waals surface area contributed by atoms with Crippen LogP contribution in [-0.2, 0) is 11.9 Å². The van der Waals surface area contributed by atoms with Crippen LogP contribution in [0.2, 0.25) is 0 Å². The molecule has 0 saturated carbocycles. The standard InChI is InChI=1S/C9H11BrO/c1-7-3-2-4-8(6-11)9(7)5-10/h2-4,11H,5-6H2,1H3. The van der Waals surface area contributed by atoms with Gasteiger partial charge in [-0.05, 0) is 23.6 Å². The van der Waals surface area contributed by atoms with Crippen LogP contribution < -0.4 is 0 Å². The Balaban J connectivity index is 3.13. The Kier molecular flexibility index (Phi) is 3.09. The van der Waals surface area contributed by atoms with Crippen molar-refractivity contribution in [3.63, 3.8) is 0 Å². The molecule has 1 aromatic carbocycles. The third-order valence-corrected chi connectivity index (χ3v) is 2.37. The quantitative estimate of drug-likeness (QED) is 0.751. The second-order valence-electron chi connectivity index (χ2n) is 2.50. The van der Waals surface area contributed by atoms with Gasteiger partial charge in [-0.25, -0.2) is 0 Å². The third-order valence-electron chi connectivity index (χ3n) is 1.81. The smallest absolute Gasteiger partial charge is 0.0684 e. The van der Waals surface area contributed by atoms with Gasteiger partial charge >= 0.3 is 0 Å². The van der Waals surface area contributed by atoms with Gasteiger partial charge in [-0.15, -0.1) is 0 Å². The number of hydrogen-bond acceptors (Lipinski definition) is 1. The average molecular weight is 215 g/mol. The molecular formula is C9H11BrO. The number of hydrogen-bond donors (Lipinski definition) is 1. The van der Waals surface area contributed by atoms with E-state index in [4.69, 9.17) is 5.11 Å². The van der Waals surface area contributed by atoms with Gasteiger partial charge < -0.3 is 5.11 Å². The van der Waals surface area contributed by atoms with Gasteiger partial charge in [0.15, 0.2) is 0 Å². The van der Waals surface area contributed by atoms with Gasteiger partial charge in [0.05, 0.1) is 6.61 Å². The first kappa shape index (κ1) is 8.75. The van der Waals surface area contributed by atoms with Crippen LogP contribution in [0.4, 0.5) is 0 Å². The third kappa shape index (κ3) is 1.82. The molecule has 0 radical (unpaired) electrons. The zero-order chi connectivity index (χ0) is 8.27. The second-order valence-corrected chi connectivity index (χ2v) is 3.07. The number of aliphatic hydroxyl groups excluding tert-OH is 1. The molecular weight excluding hydrogens is 204 g/mol. The van der Waals surface area contributed by atoms with Gasteiger partial charge in [-0.2, -0.15) is 0 Å². The molecule has 11 heavy (non-hydrogen) atoms. The molecule has 0 fully saturated rings. The first-order valence-electron chi connectivity index (χ1n) is 3.53. The summed E-state index contributed by atoms with van der Waals surface area (Å²) in [5.41, 5.74) is 3.45. The maximum atomic E-state index is 8.95. The minimum atomic E-state index is 0.128. The lowest BCUT2D eigenvalue weighted by Crippen LogP contribution is -1.93. The Morgan fingerprint density at radius 2 is 2.18 bits per heavy atom. The summed E-state index contributed by atoms with van der Waals surface area (Å²) in [6, 6.07) is 5.96. The molecule has 1 N–H and O–H groups in total. The SMILES string of the molecule is Cc1cccc(CO)c1CBr. The summed E-state index contributed by atoms with van der Waals surface area (Å²) in [4.78, 5) is 0. The van der Waals surface area contributed by atoms with Crippen molar-refractivity contribution in [3.05, 3.63) is 34.9 Å².